The van der Waals surface area contributed by atoms with Gasteiger partial charge in [0.2, 0.25) is 0 Å². The molecule has 2 heterocycles. The van der Waals surface area contributed by atoms with Gasteiger partial charge in [0.1, 0.15) is 0 Å². The molecule has 2 nitrogen and oxygen atoms in total. The molecule has 0 fully saturated rings. The summed E-state index contributed by atoms with van der Waals surface area (Å²) in [6, 6.07) is 0. The number of pyridine rings is 1. The van der Waals surface area contributed by atoms with Gasteiger partial charge in [0.05, 0.1) is 5.52 Å². The molecule has 13 heavy (non-hydrogen) atoms. The van der Waals surface area contributed by atoms with E-state index in [-0.39, 0.29) is 0 Å². The predicted molar refractivity (Wildman–Crippen MR) is 58.3 cm³/mol. The average Bonchev–Trinajstić information content (AvgIpc) is 2.38. The molecule has 2 aromatic heterocycles. The monoisotopic (exact) mass is 258 g/mol. The molecule has 0 radical (unpaired) electrons. The van der Waals surface area contributed by atoms with E-state index in [0.717, 1.165) is 21.1 Å². The lowest BCUT2D eigenvalue weighted by molar-refractivity contribution is 1.25. The number of nitrogens with one attached hydrogen (secondary N) is 1. The van der Waals surface area contributed by atoms with Crippen LogP contribution < -0.4 is 0 Å². The van der Waals surface area contributed by atoms with Crippen LogP contribution in [0.25, 0.3) is 10.9 Å². The number of H-pyrrole nitrogens is 1. The number of aromatic nitrogens is 2. The third-order valence-corrected chi connectivity index (χ3v) is 3.12. The Morgan fingerprint density at radius 1 is 1.46 bits per heavy atom. The first-order valence-electron chi connectivity index (χ1n) is 3.90. The normalized spacial score (nSPS) is 11.1. The molecule has 0 spiro atoms. The van der Waals surface area contributed by atoms with E-state index in [4.69, 9.17) is 11.6 Å². The van der Waals surface area contributed by atoms with Crippen molar-refractivity contribution < 1.29 is 0 Å². The third-order valence-electron chi connectivity index (χ3n) is 2.24. The van der Waals surface area contributed by atoms with Crippen molar-refractivity contribution >= 4 is 38.4 Å². The Hall–Kier alpha value is -0.540. The van der Waals surface area contributed by atoms with Gasteiger partial charge in [-0.2, -0.15) is 0 Å². The molecular formula is C9H8BrClN2. The molecule has 0 bridgehead atoms. The lowest BCUT2D eigenvalue weighted by Gasteiger charge is -1.96. The second kappa shape index (κ2) is 3.00. The lowest BCUT2D eigenvalue weighted by atomic mass is 10.2. The summed E-state index contributed by atoms with van der Waals surface area (Å²) in [4.78, 5) is 7.26. The van der Waals surface area contributed by atoms with Crippen molar-refractivity contribution in [3.63, 3.8) is 0 Å². The maximum Gasteiger partial charge on any atom is 0.153 e. The molecule has 0 atom stereocenters. The molecule has 0 aromatic carbocycles. The standard InChI is InChI=1S/C9H8BrClN2/c1-4-5(2)13-8-7(4)6(10)3-12-9(8)11/h3,13H,1-2H3. The fraction of sp³-hybridized carbons (Fsp3) is 0.222. The zero-order chi connectivity index (χ0) is 9.59. The summed E-state index contributed by atoms with van der Waals surface area (Å²) in [5.41, 5.74) is 3.25. The van der Waals surface area contributed by atoms with Gasteiger partial charge in [0.25, 0.3) is 0 Å². The largest absolute Gasteiger partial charge is 0.356 e. The smallest absolute Gasteiger partial charge is 0.153 e. The van der Waals surface area contributed by atoms with E-state index in [2.05, 4.69) is 32.8 Å². The number of aryl methyl sites for hydroxylation is 2. The van der Waals surface area contributed by atoms with Gasteiger partial charge in [-0.05, 0) is 35.3 Å². The molecule has 0 aliphatic carbocycles. The molecule has 1 N–H and O–H groups in total. The van der Waals surface area contributed by atoms with Crippen LogP contribution in [0.4, 0.5) is 0 Å². The minimum atomic E-state index is 0.523. The van der Waals surface area contributed by atoms with Crippen LogP contribution in [-0.4, -0.2) is 9.97 Å². The predicted octanol–water partition coefficient (Wildman–Crippen LogP) is 3.60. The van der Waals surface area contributed by atoms with Crippen LogP contribution in [0.15, 0.2) is 10.7 Å². The minimum absolute atomic E-state index is 0.523. The Kier molecular flexibility index (Phi) is 2.08. The number of fused-ring (bicyclic) bond motifs is 1. The van der Waals surface area contributed by atoms with Crippen LogP contribution in [0, 0.1) is 13.8 Å². The van der Waals surface area contributed by atoms with E-state index < -0.39 is 0 Å². The van der Waals surface area contributed by atoms with Gasteiger partial charge in [0.15, 0.2) is 5.15 Å². The summed E-state index contributed by atoms with van der Waals surface area (Å²) in [5, 5.41) is 1.65. The molecule has 68 valence electrons. The van der Waals surface area contributed by atoms with Crippen LogP contribution in [-0.2, 0) is 0 Å². The number of hydrogen-bond donors (Lipinski definition) is 1. The number of aromatic amines is 1. The van der Waals surface area contributed by atoms with Gasteiger partial charge >= 0.3 is 0 Å². The number of rotatable bonds is 0. The number of nitrogens with zero attached hydrogens (tertiary/aromatic N) is 1. The molecule has 2 rings (SSSR count). The Morgan fingerprint density at radius 3 is 2.77 bits per heavy atom. The molecule has 2 aromatic rings. The number of halogens is 2. The SMILES string of the molecule is Cc1[nH]c2c(Cl)ncc(Br)c2c1C. The van der Waals surface area contributed by atoms with Crippen LogP contribution in [0.3, 0.4) is 0 Å². The van der Waals surface area contributed by atoms with Crippen molar-refractivity contribution in [1.82, 2.24) is 9.97 Å². The fourth-order valence-electron chi connectivity index (χ4n) is 1.41. The van der Waals surface area contributed by atoms with Crippen LogP contribution in [0.1, 0.15) is 11.3 Å². The molecule has 0 saturated heterocycles. The fourth-order valence-corrected chi connectivity index (χ4v) is 2.20. The van der Waals surface area contributed by atoms with E-state index in [1.54, 1.807) is 6.20 Å². The molecule has 0 aliphatic rings. The topological polar surface area (TPSA) is 28.7 Å². The molecular weight excluding hydrogens is 251 g/mol. The van der Waals surface area contributed by atoms with Gasteiger partial charge in [-0.1, -0.05) is 11.6 Å². The number of hydrogen-bond acceptors (Lipinski definition) is 1. The first-order valence-corrected chi connectivity index (χ1v) is 5.07. The van der Waals surface area contributed by atoms with Crippen molar-refractivity contribution in [1.29, 1.82) is 0 Å². The second-order valence-electron chi connectivity index (χ2n) is 3.02. The van der Waals surface area contributed by atoms with Crippen molar-refractivity contribution in [2.75, 3.05) is 0 Å². The Morgan fingerprint density at radius 2 is 2.15 bits per heavy atom. The van der Waals surface area contributed by atoms with E-state index in [1.807, 2.05) is 6.92 Å². The highest BCUT2D eigenvalue weighted by Gasteiger charge is 2.10. The van der Waals surface area contributed by atoms with E-state index in [1.165, 1.54) is 5.56 Å². The van der Waals surface area contributed by atoms with Crippen molar-refractivity contribution in [3.8, 4) is 0 Å². The summed E-state index contributed by atoms with van der Waals surface area (Å²) >= 11 is 9.41. The lowest BCUT2D eigenvalue weighted by Crippen LogP contribution is -1.78. The summed E-state index contributed by atoms with van der Waals surface area (Å²) in [6.45, 7) is 4.09. The first-order chi connectivity index (χ1) is 6.11. The molecule has 0 aliphatic heterocycles. The summed E-state index contributed by atoms with van der Waals surface area (Å²) in [5.74, 6) is 0. The zero-order valence-corrected chi connectivity index (χ0v) is 9.62. The molecule has 0 amide bonds. The van der Waals surface area contributed by atoms with E-state index in [9.17, 15) is 0 Å². The average molecular weight is 260 g/mol. The van der Waals surface area contributed by atoms with E-state index >= 15 is 0 Å². The Labute approximate surface area is 89.4 Å². The van der Waals surface area contributed by atoms with Crippen LogP contribution >= 0.6 is 27.5 Å². The first kappa shape index (κ1) is 9.03. The zero-order valence-electron chi connectivity index (χ0n) is 7.28. The minimum Gasteiger partial charge on any atom is -0.356 e. The van der Waals surface area contributed by atoms with E-state index in [0.29, 0.717) is 5.15 Å². The summed E-state index contributed by atoms with van der Waals surface area (Å²) in [7, 11) is 0. The third kappa shape index (κ3) is 1.27. The van der Waals surface area contributed by atoms with Gasteiger partial charge in [-0.15, -0.1) is 0 Å². The quantitative estimate of drug-likeness (QED) is 0.720. The van der Waals surface area contributed by atoms with Crippen LogP contribution in [0.5, 0.6) is 0 Å². The highest BCUT2D eigenvalue weighted by Crippen LogP contribution is 2.31. The van der Waals surface area contributed by atoms with Gasteiger partial charge in [0, 0.05) is 21.7 Å². The summed E-state index contributed by atoms with van der Waals surface area (Å²) in [6.07, 6.45) is 1.73. The van der Waals surface area contributed by atoms with Crippen LogP contribution in [0.2, 0.25) is 5.15 Å². The maximum atomic E-state index is 5.95. The molecule has 0 unspecified atom stereocenters. The Balaban J connectivity index is 3.00. The van der Waals surface area contributed by atoms with Gasteiger partial charge in [-0.3, -0.25) is 0 Å². The Bertz CT molecular complexity index is 476. The van der Waals surface area contributed by atoms with Gasteiger partial charge in [-0.25, -0.2) is 4.98 Å². The highest BCUT2D eigenvalue weighted by atomic mass is 79.9. The summed E-state index contributed by atoms with van der Waals surface area (Å²) < 4.78 is 0.980. The molecule has 0 saturated carbocycles. The second-order valence-corrected chi connectivity index (χ2v) is 4.23. The van der Waals surface area contributed by atoms with Crippen molar-refractivity contribution in [3.05, 3.63) is 27.1 Å². The maximum absolute atomic E-state index is 5.95. The van der Waals surface area contributed by atoms with Crippen molar-refractivity contribution in [2.24, 2.45) is 0 Å². The van der Waals surface area contributed by atoms with Crippen molar-refractivity contribution in [2.45, 2.75) is 13.8 Å². The molecule has 4 heteroatoms. The van der Waals surface area contributed by atoms with Gasteiger partial charge < -0.3 is 4.98 Å². The highest BCUT2D eigenvalue weighted by molar-refractivity contribution is 9.10.